The zero-order valence-electron chi connectivity index (χ0n) is 20.3. The minimum Gasteiger partial charge on any atom is -0.442 e. The topological polar surface area (TPSA) is 52.8 Å². The molecule has 0 aliphatic rings. The van der Waals surface area contributed by atoms with E-state index < -0.39 is 0 Å². The van der Waals surface area contributed by atoms with Crippen molar-refractivity contribution in [2.45, 2.75) is 0 Å². The molecule has 0 saturated carbocycles. The summed E-state index contributed by atoms with van der Waals surface area (Å²) in [7, 11) is 0. The van der Waals surface area contributed by atoms with E-state index in [1.807, 2.05) is 109 Å². The van der Waals surface area contributed by atoms with Crippen LogP contribution in [0.4, 0.5) is 11.5 Å². The summed E-state index contributed by atoms with van der Waals surface area (Å²) in [4.78, 5) is 14.2. The average Bonchev–Trinajstić information content (AvgIpc) is 2.99. The van der Waals surface area contributed by atoms with E-state index in [0.29, 0.717) is 5.82 Å². The fourth-order valence-corrected chi connectivity index (χ4v) is 4.26. The fraction of sp³-hybridized carbons (Fsp3) is 0. The predicted molar refractivity (Wildman–Crippen MR) is 150 cm³/mol. The van der Waals surface area contributed by atoms with Gasteiger partial charge in [0.05, 0.1) is 11.4 Å². The molecule has 3 aromatic carbocycles. The van der Waals surface area contributed by atoms with E-state index >= 15 is 0 Å². The number of hydrogen-bond donors (Lipinski definition) is 0. The monoisotopic (exact) mass is 669 g/mol. The van der Waals surface area contributed by atoms with E-state index in [1.54, 1.807) is 6.20 Å². The molecule has 184 valence electrons. The molecule has 0 bridgehead atoms. The van der Waals surface area contributed by atoms with Gasteiger partial charge in [0.2, 0.25) is 0 Å². The van der Waals surface area contributed by atoms with E-state index in [0.717, 1.165) is 50.6 Å². The third-order valence-electron chi connectivity index (χ3n) is 6.07. The third-order valence-corrected chi connectivity index (χ3v) is 6.07. The number of rotatable bonds is 6. The summed E-state index contributed by atoms with van der Waals surface area (Å²) in [6, 6.07) is 43.5. The zero-order valence-corrected chi connectivity index (χ0v) is 22.6. The SMILES string of the molecule is [Pt+2].[c-]1ccccc1-c1cccc(-c2ccccc2[N-]c2ncccc2-c2cc(-c3ccccc3)ccn2)n1. The molecule has 5 heteroatoms. The Morgan fingerprint density at radius 2 is 1.34 bits per heavy atom. The zero-order chi connectivity index (χ0) is 24.9. The minimum atomic E-state index is 0. The summed E-state index contributed by atoms with van der Waals surface area (Å²) in [5.74, 6) is 0.611. The van der Waals surface area contributed by atoms with Gasteiger partial charge in [0.25, 0.3) is 0 Å². The molecule has 38 heavy (non-hydrogen) atoms. The van der Waals surface area contributed by atoms with Crippen molar-refractivity contribution in [3.05, 3.63) is 145 Å². The van der Waals surface area contributed by atoms with Crippen molar-refractivity contribution in [3.8, 4) is 44.9 Å². The summed E-state index contributed by atoms with van der Waals surface area (Å²) in [5.41, 5.74) is 8.33. The molecule has 0 aliphatic heterocycles. The number of hydrogen-bond acceptors (Lipinski definition) is 3. The second-order valence-corrected chi connectivity index (χ2v) is 8.48. The van der Waals surface area contributed by atoms with Gasteiger partial charge in [-0.3, -0.25) is 9.97 Å². The van der Waals surface area contributed by atoms with Crippen LogP contribution in [0.2, 0.25) is 0 Å². The van der Waals surface area contributed by atoms with E-state index in [1.165, 1.54) is 0 Å². The van der Waals surface area contributed by atoms with Crippen molar-refractivity contribution in [1.82, 2.24) is 15.0 Å². The molecule has 0 saturated heterocycles. The van der Waals surface area contributed by atoms with Gasteiger partial charge in [0.1, 0.15) is 0 Å². The molecule has 0 aliphatic carbocycles. The summed E-state index contributed by atoms with van der Waals surface area (Å²) in [6.07, 6.45) is 3.59. The molecule has 6 rings (SSSR count). The molecule has 0 atom stereocenters. The summed E-state index contributed by atoms with van der Waals surface area (Å²) < 4.78 is 0. The Morgan fingerprint density at radius 3 is 2.21 bits per heavy atom. The molecule has 0 unspecified atom stereocenters. The molecular weight excluding hydrogens is 647 g/mol. The van der Waals surface area contributed by atoms with Crippen LogP contribution in [0.1, 0.15) is 0 Å². The maximum absolute atomic E-state index is 5.00. The van der Waals surface area contributed by atoms with Crippen molar-refractivity contribution in [2.75, 3.05) is 0 Å². The van der Waals surface area contributed by atoms with Crippen molar-refractivity contribution < 1.29 is 21.1 Å². The first kappa shape index (κ1) is 25.3. The quantitative estimate of drug-likeness (QED) is 0.167. The van der Waals surface area contributed by atoms with Crippen molar-refractivity contribution in [1.29, 1.82) is 0 Å². The van der Waals surface area contributed by atoms with Gasteiger partial charge in [-0.05, 0) is 52.1 Å². The first-order valence-electron chi connectivity index (χ1n) is 12.1. The number of aromatic nitrogens is 3. The summed E-state index contributed by atoms with van der Waals surface area (Å²) in [5, 5.41) is 5.00. The van der Waals surface area contributed by atoms with Crippen LogP contribution in [0.5, 0.6) is 0 Å². The molecule has 6 aromatic rings. The Labute approximate surface area is 236 Å². The van der Waals surface area contributed by atoms with Crippen LogP contribution < -0.4 is 0 Å². The van der Waals surface area contributed by atoms with Crippen molar-refractivity contribution in [3.63, 3.8) is 0 Å². The summed E-state index contributed by atoms with van der Waals surface area (Å²) in [6.45, 7) is 0. The van der Waals surface area contributed by atoms with Crippen LogP contribution in [0, 0.1) is 6.07 Å². The first-order chi connectivity index (χ1) is 18.3. The van der Waals surface area contributed by atoms with Gasteiger partial charge in [0, 0.05) is 11.8 Å². The minimum absolute atomic E-state index is 0. The van der Waals surface area contributed by atoms with Crippen molar-refractivity contribution in [2.24, 2.45) is 0 Å². The molecule has 4 nitrogen and oxygen atoms in total. The maximum atomic E-state index is 5.00. The largest absolute Gasteiger partial charge is 2.00 e. The average molecular weight is 670 g/mol. The van der Waals surface area contributed by atoms with E-state index in [9.17, 15) is 0 Å². The van der Waals surface area contributed by atoms with Gasteiger partial charge in [-0.1, -0.05) is 85.1 Å². The van der Waals surface area contributed by atoms with Crippen molar-refractivity contribution >= 4 is 11.5 Å². The second-order valence-electron chi connectivity index (χ2n) is 8.48. The summed E-state index contributed by atoms with van der Waals surface area (Å²) >= 11 is 0. The van der Waals surface area contributed by atoms with E-state index in [-0.39, 0.29) is 21.1 Å². The molecule has 0 spiro atoms. The third kappa shape index (κ3) is 5.46. The smallest absolute Gasteiger partial charge is 0.442 e. The molecule has 3 heterocycles. The Kier molecular flexibility index (Phi) is 7.82. The van der Waals surface area contributed by atoms with Crippen LogP contribution in [-0.4, -0.2) is 15.0 Å². The molecule has 0 radical (unpaired) electrons. The van der Waals surface area contributed by atoms with Gasteiger partial charge in [-0.2, -0.15) is 0 Å². The van der Waals surface area contributed by atoms with Crippen LogP contribution >= 0.6 is 0 Å². The van der Waals surface area contributed by atoms with E-state index in [2.05, 4.69) is 34.2 Å². The Bertz CT molecular complexity index is 1530. The Hall–Kier alpha value is -4.40. The Balaban J connectivity index is 0.00000294. The van der Waals surface area contributed by atoms with Crippen LogP contribution in [0.25, 0.3) is 50.2 Å². The van der Waals surface area contributed by atoms with Gasteiger partial charge in [-0.15, -0.1) is 35.9 Å². The Morgan fingerprint density at radius 1 is 0.553 bits per heavy atom. The van der Waals surface area contributed by atoms with Crippen LogP contribution in [0.15, 0.2) is 134 Å². The van der Waals surface area contributed by atoms with Gasteiger partial charge in [-0.25, -0.2) is 0 Å². The number of para-hydroxylation sites is 1. The molecular formula is C33H22N4Pt. The first-order valence-corrected chi connectivity index (χ1v) is 12.1. The number of benzene rings is 3. The fourth-order valence-electron chi connectivity index (χ4n) is 4.26. The van der Waals surface area contributed by atoms with Crippen LogP contribution in [0.3, 0.4) is 0 Å². The number of pyridine rings is 3. The van der Waals surface area contributed by atoms with Gasteiger partial charge in [0.15, 0.2) is 0 Å². The molecule has 0 fully saturated rings. The maximum Gasteiger partial charge on any atom is 2.00 e. The molecule has 3 aromatic heterocycles. The molecule has 0 amide bonds. The second kappa shape index (κ2) is 11.8. The standard InChI is InChI=1S/C33H22N4.Pt/c1-3-11-24(12-4-1)26-20-22-34-32(23-26)28-16-10-21-35-33(28)37-31-17-8-7-15-27(31)30-19-9-18-29(36-30)25-13-5-2-6-14-25;/h1-13,15-23H;/q-2;+2. The molecule has 0 N–H and O–H groups in total. The van der Waals surface area contributed by atoms with Crippen LogP contribution in [-0.2, 0) is 21.1 Å². The van der Waals surface area contributed by atoms with E-state index in [4.69, 9.17) is 10.3 Å². The normalized spacial score (nSPS) is 10.4. The number of nitrogens with zero attached hydrogens (tertiary/aromatic N) is 4. The van der Waals surface area contributed by atoms with Gasteiger partial charge >= 0.3 is 21.1 Å². The predicted octanol–water partition coefficient (Wildman–Crippen LogP) is 8.67. The van der Waals surface area contributed by atoms with Gasteiger partial charge < -0.3 is 10.3 Å².